The summed E-state index contributed by atoms with van der Waals surface area (Å²) in [4.78, 5) is 14.1. The Balaban J connectivity index is 0.913. The van der Waals surface area contributed by atoms with E-state index in [0.29, 0.717) is 58.5 Å². The van der Waals surface area contributed by atoms with Crippen molar-refractivity contribution in [1.82, 2.24) is 0 Å². The van der Waals surface area contributed by atoms with Crippen LogP contribution in [0.25, 0.3) is 0 Å². The summed E-state index contributed by atoms with van der Waals surface area (Å²) in [5.41, 5.74) is -0.175. The van der Waals surface area contributed by atoms with Crippen LogP contribution in [0.2, 0.25) is 0 Å². The van der Waals surface area contributed by atoms with Gasteiger partial charge >= 0.3 is 5.97 Å². The van der Waals surface area contributed by atoms with Gasteiger partial charge in [-0.05, 0) is 58.1 Å². The van der Waals surface area contributed by atoms with Crippen molar-refractivity contribution in [3.63, 3.8) is 0 Å². The van der Waals surface area contributed by atoms with E-state index in [1.165, 1.54) is 0 Å². The minimum Gasteiger partial charge on any atom is -0.459 e. The van der Waals surface area contributed by atoms with Gasteiger partial charge < -0.3 is 47.7 Å². The smallest absolute Gasteiger partial charge is 0.308 e. The van der Waals surface area contributed by atoms with Crippen molar-refractivity contribution >= 4 is 5.97 Å². The molecule has 11 nitrogen and oxygen atoms in total. The lowest BCUT2D eigenvalue weighted by Gasteiger charge is -2.60. The Labute approximate surface area is 360 Å². The summed E-state index contributed by atoms with van der Waals surface area (Å²) in [5, 5.41) is 11.6. The topological polar surface area (TPSA) is 120 Å². The quantitative estimate of drug-likeness (QED) is 0.0908. The first-order valence-corrected chi connectivity index (χ1v) is 22.2. The molecular formula is C50H64O11. The highest BCUT2D eigenvalue weighted by molar-refractivity contribution is 5.70. The molecule has 0 aliphatic carbocycles. The molecule has 0 amide bonds. The highest BCUT2D eigenvalue weighted by Gasteiger charge is 2.62. The fourth-order valence-electron chi connectivity index (χ4n) is 10.1. The molecule has 330 valence electrons. The third-order valence-electron chi connectivity index (χ3n) is 13.6. The van der Waals surface area contributed by atoms with Gasteiger partial charge in [0.15, 0.2) is 6.29 Å². The van der Waals surface area contributed by atoms with Gasteiger partial charge in [0.25, 0.3) is 0 Å². The van der Waals surface area contributed by atoms with Crippen LogP contribution < -0.4 is 0 Å². The number of esters is 1. The Kier molecular flexibility index (Phi) is 13.5. The van der Waals surface area contributed by atoms with E-state index in [4.69, 9.17) is 42.6 Å². The molecule has 0 bridgehead atoms. The minimum atomic E-state index is -0.956. The van der Waals surface area contributed by atoms with Crippen LogP contribution in [0.1, 0.15) is 102 Å². The summed E-state index contributed by atoms with van der Waals surface area (Å²) in [6.45, 7) is 13.9. The number of carbonyl (C=O) groups excluding carboxylic acids is 1. The summed E-state index contributed by atoms with van der Waals surface area (Å²) >= 11 is 0. The van der Waals surface area contributed by atoms with E-state index in [-0.39, 0.29) is 30.8 Å². The molecule has 0 aromatic heterocycles. The zero-order chi connectivity index (χ0) is 42.7. The standard InChI is InChI=1S/C50H64O11/c1-6-24-47(2)44(30-48(3)41(60-47)29-40-49(4,61-48)33-55-46(58-40)36-21-14-9-15-22-36)57-45(52)28-39-38(51)27-43-50(5,59-39)42(54-32-35-19-12-8-13-20-35)26-37(56-43)23-16-25-53-31-34-17-10-7-11-18-34/h6-15,17-22,37-44,46,51H,1,16,23-33H2,2-5H3/t37-,38+,39-,40+,41-,42+,43-,44-,46-,47+,48+,49-,50+/m1/s1. The largest absolute Gasteiger partial charge is 0.459 e. The van der Waals surface area contributed by atoms with Crippen molar-refractivity contribution < 1.29 is 52.5 Å². The molecule has 1 N–H and O–H groups in total. The van der Waals surface area contributed by atoms with Gasteiger partial charge in [0, 0.05) is 37.9 Å². The van der Waals surface area contributed by atoms with Crippen LogP contribution in [-0.2, 0) is 60.6 Å². The first kappa shape index (κ1) is 44.1. The molecule has 5 fully saturated rings. The van der Waals surface area contributed by atoms with Crippen molar-refractivity contribution in [1.29, 1.82) is 0 Å². The monoisotopic (exact) mass is 840 g/mol. The molecule has 5 saturated heterocycles. The van der Waals surface area contributed by atoms with E-state index in [0.717, 1.165) is 29.5 Å². The molecule has 8 rings (SSSR count). The van der Waals surface area contributed by atoms with Crippen molar-refractivity contribution in [3.8, 4) is 0 Å². The summed E-state index contributed by atoms with van der Waals surface area (Å²) < 4.78 is 59.0. The molecule has 0 radical (unpaired) electrons. The van der Waals surface area contributed by atoms with Crippen molar-refractivity contribution in [2.45, 2.75) is 170 Å². The van der Waals surface area contributed by atoms with Gasteiger partial charge in [-0.25, -0.2) is 0 Å². The average molecular weight is 841 g/mol. The van der Waals surface area contributed by atoms with Crippen LogP contribution >= 0.6 is 0 Å². The van der Waals surface area contributed by atoms with E-state index in [2.05, 4.69) is 18.7 Å². The van der Waals surface area contributed by atoms with Crippen LogP contribution in [0.3, 0.4) is 0 Å². The van der Waals surface area contributed by atoms with Gasteiger partial charge in [0.2, 0.25) is 0 Å². The Hall–Kier alpha value is -3.49. The van der Waals surface area contributed by atoms with Gasteiger partial charge in [0.05, 0.1) is 74.6 Å². The van der Waals surface area contributed by atoms with Crippen LogP contribution in [0, 0.1) is 0 Å². The number of rotatable bonds is 15. The first-order chi connectivity index (χ1) is 29.4. The number of hydrogen-bond donors (Lipinski definition) is 1. The Morgan fingerprint density at radius 1 is 0.803 bits per heavy atom. The molecule has 5 heterocycles. The number of carbonyl (C=O) groups is 1. The lowest BCUT2D eigenvalue weighted by Crippen LogP contribution is -2.71. The highest BCUT2D eigenvalue weighted by Crippen LogP contribution is 2.51. The predicted molar refractivity (Wildman–Crippen MR) is 227 cm³/mol. The molecule has 0 saturated carbocycles. The minimum absolute atomic E-state index is 0.105. The molecule has 0 spiro atoms. The first-order valence-electron chi connectivity index (χ1n) is 22.2. The maximum absolute atomic E-state index is 14.1. The van der Waals surface area contributed by atoms with Crippen LogP contribution in [-0.4, -0.2) is 95.5 Å². The number of aliphatic hydroxyl groups is 1. The SMILES string of the molecule is C=CC[C@]1(C)O[C@@H]2C[C@@H]3O[C@H](c4ccccc4)OC[C@@]3(C)O[C@@]2(C)C[C@H]1OC(=O)C[C@H]1O[C@@]2(C)[C@@H](OCc3ccccc3)C[C@@H](CCCOCc3ccccc3)O[C@@H]2C[C@@H]1O. The average Bonchev–Trinajstić information content (AvgIpc) is 3.24. The molecular weight excluding hydrogens is 777 g/mol. The van der Waals surface area contributed by atoms with Gasteiger partial charge in [-0.3, -0.25) is 4.79 Å². The highest BCUT2D eigenvalue weighted by atomic mass is 16.7. The zero-order valence-electron chi connectivity index (χ0n) is 36.2. The van der Waals surface area contributed by atoms with Crippen LogP contribution in [0.15, 0.2) is 104 Å². The number of benzene rings is 3. The fourth-order valence-corrected chi connectivity index (χ4v) is 10.1. The second-order valence-electron chi connectivity index (χ2n) is 18.5. The van der Waals surface area contributed by atoms with Crippen molar-refractivity contribution in [2.75, 3.05) is 13.2 Å². The maximum atomic E-state index is 14.1. The molecule has 3 aromatic rings. The number of ether oxygens (including phenoxy) is 9. The lowest BCUT2D eigenvalue weighted by atomic mass is 9.73. The normalized spacial score (nSPS) is 38.3. The zero-order valence-corrected chi connectivity index (χ0v) is 36.2. The molecule has 61 heavy (non-hydrogen) atoms. The molecule has 0 unspecified atom stereocenters. The number of fused-ring (bicyclic) bond motifs is 3. The van der Waals surface area contributed by atoms with E-state index in [9.17, 15) is 9.90 Å². The van der Waals surface area contributed by atoms with Gasteiger partial charge in [-0.1, -0.05) is 97.1 Å². The third kappa shape index (κ3) is 9.86. The van der Waals surface area contributed by atoms with Crippen molar-refractivity contribution in [3.05, 3.63) is 120 Å². The second kappa shape index (κ2) is 18.7. The van der Waals surface area contributed by atoms with Crippen LogP contribution in [0.4, 0.5) is 0 Å². The molecule has 13 atom stereocenters. The third-order valence-corrected chi connectivity index (χ3v) is 13.6. The second-order valence-corrected chi connectivity index (χ2v) is 18.5. The maximum Gasteiger partial charge on any atom is 0.308 e. The predicted octanol–water partition coefficient (Wildman–Crippen LogP) is 8.11. The molecule has 11 heteroatoms. The van der Waals surface area contributed by atoms with E-state index >= 15 is 0 Å². The molecule has 5 aliphatic rings. The van der Waals surface area contributed by atoms with Gasteiger partial charge in [-0.15, -0.1) is 6.58 Å². The number of hydrogen-bond acceptors (Lipinski definition) is 11. The van der Waals surface area contributed by atoms with Crippen LogP contribution in [0.5, 0.6) is 0 Å². The Morgan fingerprint density at radius 3 is 2.20 bits per heavy atom. The van der Waals surface area contributed by atoms with Gasteiger partial charge in [0.1, 0.15) is 22.9 Å². The van der Waals surface area contributed by atoms with Gasteiger partial charge in [-0.2, -0.15) is 0 Å². The Bertz CT molecular complexity index is 1900. The molecule has 5 aliphatic heterocycles. The number of aliphatic hydroxyl groups excluding tert-OH is 1. The molecule has 3 aromatic carbocycles. The summed E-state index contributed by atoms with van der Waals surface area (Å²) in [7, 11) is 0. The van der Waals surface area contributed by atoms with E-state index in [1.807, 2.05) is 107 Å². The van der Waals surface area contributed by atoms with Crippen molar-refractivity contribution in [2.24, 2.45) is 0 Å². The van der Waals surface area contributed by atoms with E-state index < -0.39 is 59.1 Å². The summed E-state index contributed by atoms with van der Waals surface area (Å²) in [5.74, 6) is -0.487. The Morgan fingerprint density at radius 2 is 1.49 bits per heavy atom. The van der Waals surface area contributed by atoms with E-state index in [1.54, 1.807) is 6.08 Å². The fraction of sp³-hybridized carbons (Fsp3) is 0.580. The summed E-state index contributed by atoms with van der Waals surface area (Å²) in [6, 6.07) is 30.1. The lowest BCUT2D eigenvalue weighted by molar-refractivity contribution is -0.385. The summed E-state index contributed by atoms with van der Waals surface area (Å²) in [6.07, 6.45) is 1.14.